The summed E-state index contributed by atoms with van der Waals surface area (Å²) in [6, 6.07) is 0.287. The van der Waals surface area contributed by atoms with E-state index in [1.54, 1.807) is 0 Å². The minimum Gasteiger partial charge on any atom is -0.378 e. The second-order valence-electron chi connectivity index (χ2n) is 7.85. The summed E-state index contributed by atoms with van der Waals surface area (Å²) in [5.41, 5.74) is 3.67. The monoisotopic (exact) mass is 377 g/mol. The summed E-state index contributed by atoms with van der Waals surface area (Å²) in [5, 5.41) is 11.5. The maximum Gasteiger partial charge on any atom is 0.191 e. The molecule has 0 aromatic carbocycles. The molecule has 1 heterocycles. The number of rotatable bonds is 9. The summed E-state index contributed by atoms with van der Waals surface area (Å²) in [4.78, 5) is 4.39. The van der Waals surface area contributed by atoms with Gasteiger partial charge in [0.05, 0.1) is 11.8 Å². The predicted octanol–water partition coefficient (Wildman–Crippen LogP) is 3.12. The van der Waals surface area contributed by atoms with Crippen molar-refractivity contribution in [2.45, 2.75) is 78.4 Å². The molecule has 2 rings (SSSR count). The van der Waals surface area contributed by atoms with Crippen LogP contribution in [-0.2, 0) is 18.2 Å². The molecule has 0 radical (unpaired) electrons. The van der Waals surface area contributed by atoms with Gasteiger partial charge in [0.25, 0.3) is 0 Å². The maximum absolute atomic E-state index is 6.02. The first-order valence-corrected chi connectivity index (χ1v) is 10.5. The molecular formula is C21H39N5O. The van der Waals surface area contributed by atoms with Crippen molar-refractivity contribution in [1.29, 1.82) is 0 Å². The Hall–Kier alpha value is -1.56. The van der Waals surface area contributed by atoms with E-state index in [1.807, 2.05) is 18.8 Å². The third-order valence-corrected chi connectivity index (χ3v) is 5.80. The van der Waals surface area contributed by atoms with Crippen molar-refractivity contribution in [3.8, 4) is 0 Å². The predicted molar refractivity (Wildman–Crippen MR) is 112 cm³/mol. The van der Waals surface area contributed by atoms with Crippen molar-refractivity contribution in [1.82, 2.24) is 20.4 Å². The van der Waals surface area contributed by atoms with Crippen LogP contribution < -0.4 is 10.6 Å². The Morgan fingerprint density at radius 2 is 2.04 bits per heavy atom. The van der Waals surface area contributed by atoms with Crippen LogP contribution in [0.15, 0.2) is 4.99 Å². The lowest BCUT2D eigenvalue weighted by Gasteiger charge is -2.24. The Labute approximate surface area is 165 Å². The lowest BCUT2D eigenvalue weighted by atomic mass is 9.98. The number of guanidine groups is 1. The summed E-state index contributed by atoms with van der Waals surface area (Å²) in [5.74, 6) is 1.60. The Morgan fingerprint density at radius 3 is 2.59 bits per heavy atom. The zero-order valence-electron chi connectivity index (χ0n) is 18.1. The van der Waals surface area contributed by atoms with Crippen molar-refractivity contribution in [3.05, 3.63) is 17.0 Å². The lowest BCUT2D eigenvalue weighted by molar-refractivity contribution is 0.0169. The summed E-state index contributed by atoms with van der Waals surface area (Å²) < 4.78 is 7.98. The van der Waals surface area contributed by atoms with Crippen LogP contribution in [0.25, 0.3) is 0 Å². The van der Waals surface area contributed by atoms with Gasteiger partial charge in [-0.05, 0) is 64.9 Å². The number of nitrogens with zero attached hydrogens (tertiary/aromatic N) is 3. The number of aryl methyl sites for hydroxylation is 2. The number of nitrogens with one attached hydrogen (secondary N) is 2. The highest BCUT2D eigenvalue weighted by molar-refractivity contribution is 5.79. The van der Waals surface area contributed by atoms with Crippen LogP contribution >= 0.6 is 0 Å². The zero-order valence-corrected chi connectivity index (χ0v) is 18.1. The van der Waals surface area contributed by atoms with E-state index < -0.39 is 0 Å². The van der Waals surface area contributed by atoms with Crippen molar-refractivity contribution in [2.24, 2.45) is 18.0 Å². The van der Waals surface area contributed by atoms with Crippen molar-refractivity contribution >= 4 is 5.96 Å². The first kappa shape index (κ1) is 21.7. The van der Waals surface area contributed by atoms with E-state index in [2.05, 4.69) is 48.4 Å². The molecule has 6 heteroatoms. The number of hydrogen-bond acceptors (Lipinski definition) is 3. The fraction of sp³-hybridized carbons (Fsp3) is 0.810. The third-order valence-electron chi connectivity index (χ3n) is 5.80. The largest absolute Gasteiger partial charge is 0.378 e. The second kappa shape index (κ2) is 10.7. The summed E-state index contributed by atoms with van der Waals surface area (Å²) >= 11 is 0. The molecule has 0 amide bonds. The third kappa shape index (κ3) is 6.23. The molecule has 154 valence electrons. The van der Waals surface area contributed by atoms with Gasteiger partial charge in [-0.15, -0.1) is 0 Å². The molecular weight excluding hydrogens is 338 g/mol. The minimum absolute atomic E-state index is 0.287. The van der Waals surface area contributed by atoms with Crippen LogP contribution in [-0.4, -0.2) is 48.1 Å². The van der Waals surface area contributed by atoms with Crippen LogP contribution in [0.1, 0.15) is 62.9 Å². The SMILES string of the molecule is CCOC(CCNC(=NC)NC(C)Cc1c(C)nn(C)c1C)C1CCCC1. The lowest BCUT2D eigenvalue weighted by Crippen LogP contribution is -2.44. The van der Waals surface area contributed by atoms with Crippen LogP contribution in [0.4, 0.5) is 0 Å². The van der Waals surface area contributed by atoms with Gasteiger partial charge in [-0.2, -0.15) is 5.10 Å². The van der Waals surface area contributed by atoms with E-state index in [0.717, 1.165) is 43.6 Å². The van der Waals surface area contributed by atoms with E-state index in [4.69, 9.17) is 4.74 Å². The Balaban J connectivity index is 1.80. The molecule has 1 aliphatic carbocycles. The van der Waals surface area contributed by atoms with Crippen molar-refractivity contribution < 1.29 is 4.74 Å². The number of hydrogen-bond donors (Lipinski definition) is 2. The summed E-state index contributed by atoms with van der Waals surface area (Å²) in [6.07, 6.45) is 7.70. The van der Waals surface area contributed by atoms with E-state index >= 15 is 0 Å². The molecule has 2 unspecified atom stereocenters. The first-order chi connectivity index (χ1) is 13.0. The molecule has 2 N–H and O–H groups in total. The fourth-order valence-electron chi connectivity index (χ4n) is 4.23. The van der Waals surface area contributed by atoms with Crippen LogP contribution in [0.5, 0.6) is 0 Å². The number of aromatic nitrogens is 2. The van der Waals surface area contributed by atoms with Crippen LogP contribution in [0, 0.1) is 19.8 Å². The van der Waals surface area contributed by atoms with Gasteiger partial charge in [0, 0.05) is 39.0 Å². The molecule has 1 aromatic heterocycles. The van der Waals surface area contributed by atoms with E-state index in [0.29, 0.717) is 6.10 Å². The molecule has 1 aromatic rings. The van der Waals surface area contributed by atoms with Gasteiger partial charge in [0.2, 0.25) is 0 Å². The summed E-state index contributed by atoms with van der Waals surface area (Å²) in [7, 11) is 3.84. The molecule has 0 saturated heterocycles. The minimum atomic E-state index is 0.287. The highest BCUT2D eigenvalue weighted by Gasteiger charge is 2.25. The standard InChI is InChI=1S/C21H39N5O/c1-7-27-20(18-10-8-9-11-18)12-13-23-21(22-5)24-15(2)14-19-16(3)25-26(6)17(19)4/h15,18,20H,7-14H2,1-6H3,(H2,22,23,24). The van der Waals surface area contributed by atoms with Gasteiger partial charge in [0.15, 0.2) is 5.96 Å². The van der Waals surface area contributed by atoms with Gasteiger partial charge in [-0.3, -0.25) is 9.67 Å². The molecule has 0 spiro atoms. The van der Waals surface area contributed by atoms with E-state index in [1.165, 1.54) is 36.9 Å². The molecule has 1 aliphatic rings. The quantitative estimate of drug-likeness (QED) is 0.513. The molecule has 6 nitrogen and oxygen atoms in total. The van der Waals surface area contributed by atoms with E-state index in [-0.39, 0.29) is 6.04 Å². The van der Waals surface area contributed by atoms with E-state index in [9.17, 15) is 0 Å². The normalized spacial score (nSPS) is 17.9. The Morgan fingerprint density at radius 1 is 1.33 bits per heavy atom. The first-order valence-electron chi connectivity index (χ1n) is 10.5. The van der Waals surface area contributed by atoms with Crippen molar-refractivity contribution in [2.75, 3.05) is 20.2 Å². The number of ether oxygens (including phenoxy) is 1. The number of aliphatic imine (C=N–C) groups is 1. The van der Waals surface area contributed by atoms with Gasteiger partial charge in [-0.1, -0.05) is 12.8 Å². The van der Waals surface area contributed by atoms with Gasteiger partial charge in [0.1, 0.15) is 0 Å². The smallest absolute Gasteiger partial charge is 0.191 e. The van der Waals surface area contributed by atoms with Crippen LogP contribution in [0.2, 0.25) is 0 Å². The highest BCUT2D eigenvalue weighted by Crippen LogP contribution is 2.30. The van der Waals surface area contributed by atoms with Gasteiger partial charge in [-0.25, -0.2) is 0 Å². The highest BCUT2D eigenvalue weighted by atomic mass is 16.5. The molecule has 27 heavy (non-hydrogen) atoms. The van der Waals surface area contributed by atoms with Crippen molar-refractivity contribution in [3.63, 3.8) is 0 Å². The van der Waals surface area contributed by atoms with Crippen LogP contribution in [0.3, 0.4) is 0 Å². The van der Waals surface area contributed by atoms with Gasteiger partial charge >= 0.3 is 0 Å². The topological polar surface area (TPSA) is 63.5 Å². The maximum atomic E-state index is 6.02. The fourth-order valence-corrected chi connectivity index (χ4v) is 4.23. The average Bonchev–Trinajstić information content (AvgIpc) is 3.25. The molecule has 0 aliphatic heterocycles. The Bertz CT molecular complexity index is 604. The molecule has 2 atom stereocenters. The zero-order chi connectivity index (χ0) is 19.8. The molecule has 0 bridgehead atoms. The summed E-state index contributed by atoms with van der Waals surface area (Å²) in [6.45, 7) is 10.2. The Kier molecular flexibility index (Phi) is 8.61. The molecule has 1 saturated carbocycles. The molecule has 1 fully saturated rings. The van der Waals surface area contributed by atoms with Gasteiger partial charge < -0.3 is 15.4 Å². The average molecular weight is 378 g/mol. The second-order valence-corrected chi connectivity index (χ2v) is 7.85.